The van der Waals surface area contributed by atoms with Crippen molar-refractivity contribution in [2.75, 3.05) is 0 Å². The molecule has 0 aliphatic carbocycles. The molecule has 0 radical (unpaired) electrons. The third kappa shape index (κ3) is 2.31. The van der Waals surface area contributed by atoms with E-state index in [0.29, 0.717) is 17.4 Å². The molecule has 0 bridgehead atoms. The summed E-state index contributed by atoms with van der Waals surface area (Å²) < 4.78 is 6.75. The number of thiophene rings is 1. The van der Waals surface area contributed by atoms with Crippen LogP contribution < -0.4 is 0 Å². The summed E-state index contributed by atoms with van der Waals surface area (Å²) in [6.45, 7) is 3.44. The Labute approximate surface area is 123 Å². The van der Waals surface area contributed by atoms with E-state index in [4.69, 9.17) is 4.52 Å². The number of hydrogen-bond acceptors (Lipinski definition) is 7. The van der Waals surface area contributed by atoms with Gasteiger partial charge < -0.3 is 4.52 Å². The highest BCUT2D eigenvalue weighted by Crippen LogP contribution is 2.26. The van der Waals surface area contributed by atoms with Gasteiger partial charge in [-0.05, 0) is 25.3 Å². The fourth-order valence-corrected chi connectivity index (χ4v) is 2.65. The van der Waals surface area contributed by atoms with Crippen LogP contribution in [0.15, 0.2) is 28.2 Å². The fourth-order valence-electron chi connectivity index (χ4n) is 2.00. The van der Waals surface area contributed by atoms with Gasteiger partial charge in [0.2, 0.25) is 5.82 Å². The van der Waals surface area contributed by atoms with Crippen LogP contribution in [0.2, 0.25) is 0 Å². The van der Waals surface area contributed by atoms with Crippen LogP contribution in [0.1, 0.15) is 24.6 Å². The molecule has 3 rings (SSSR count). The highest BCUT2D eigenvalue weighted by Gasteiger charge is 2.24. The minimum atomic E-state index is -0.462. The minimum Gasteiger partial charge on any atom is -0.337 e. The van der Waals surface area contributed by atoms with Gasteiger partial charge in [0.1, 0.15) is 17.9 Å². The Kier molecular flexibility index (Phi) is 3.26. The molecule has 108 valence electrons. The summed E-state index contributed by atoms with van der Waals surface area (Å²) in [4.78, 5) is 15.6. The summed E-state index contributed by atoms with van der Waals surface area (Å²) in [5, 5.41) is 20.7. The second-order valence-corrected chi connectivity index (χ2v) is 5.37. The summed E-state index contributed by atoms with van der Waals surface area (Å²) in [6, 6.07) is 3.42. The summed E-state index contributed by atoms with van der Waals surface area (Å²) in [5.41, 5.74) is 0.420. The van der Waals surface area contributed by atoms with Gasteiger partial charge in [-0.15, -0.1) is 11.3 Å². The molecule has 3 aromatic heterocycles. The summed E-state index contributed by atoms with van der Waals surface area (Å²) >= 11 is 1.51. The molecule has 1 atom stereocenters. The smallest absolute Gasteiger partial charge is 0.309 e. The number of aromatic nitrogens is 4. The summed E-state index contributed by atoms with van der Waals surface area (Å²) in [5.74, 6) is 0.866. The molecule has 3 heterocycles. The maximum absolute atomic E-state index is 10.9. The van der Waals surface area contributed by atoms with E-state index >= 15 is 0 Å². The molecule has 0 amide bonds. The SMILES string of the molecule is Cc1c([N+](=O)[O-])cnn1C(C)c1nc(-c2cccs2)no1. The number of hydrogen-bond donors (Lipinski definition) is 0. The van der Waals surface area contributed by atoms with Crippen molar-refractivity contribution in [3.63, 3.8) is 0 Å². The fraction of sp³-hybridized carbons (Fsp3) is 0.250. The first kappa shape index (κ1) is 13.4. The Balaban J connectivity index is 1.92. The molecule has 0 aromatic carbocycles. The monoisotopic (exact) mass is 305 g/mol. The molecular formula is C12H11N5O3S. The third-order valence-corrected chi connectivity index (χ3v) is 3.99. The van der Waals surface area contributed by atoms with Crippen molar-refractivity contribution in [2.45, 2.75) is 19.9 Å². The Morgan fingerprint density at radius 2 is 2.33 bits per heavy atom. The molecule has 0 N–H and O–H groups in total. The lowest BCUT2D eigenvalue weighted by molar-refractivity contribution is -0.385. The van der Waals surface area contributed by atoms with E-state index in [-0.39, 0.29) is 11.7 Å². The predicted molar refractivity (Wildman–Crippen MR) is 75.0 cm³/mol. The lowest BCUT2D eigenvalue weighted by Gasteiger charge is -2.08. The Morgan fingerprint density at radius 3 is 2.95 bits per heavy atom. The first-order valence-electron chi connectivity index (χ1n) is 6.14. The molecule has 0 aliphatic rings. The van der Waals surface area contributed by atoms with E-state index in [1.165, 1.54) is 22.2 Å². The van der Waals surface area contributed by atoms with Gasteiger partial charge in [0, 0.05) is 0 Å². The quantitative estimate of drug-likeness (QED) is 0.542. The second-order valence-electron chi connectivity index (χ2n) is 4.43. The number of nitrogens with zero attached hydrogens (tertiary/aromatic N) is 5. The molecular weight excluding hydrogens is 294 g/mol. The zero-order chi connectivity index (χ0) is 15.0. The normalized spacial score (nSPS) is 12.5. The molecule has 1 unspecified atom stereocenters. The van der Waals surface area contributed by atoms with Gasteiger partial charge in [0.05, 0.1) is 9.80 Å². The summed E-state index contributed by atoms with van der Waals surface area (Å²) in [7, 11) is 0. The highest BCUT2D eigenvalue weighted by atomic mass is 32.1. The summed E-state index contributed by atoms with van der Waals surface area (Å²) in [6.07, 6.45) is 1.22. The van der Waals surface area contributed by atoms with Crippen LogP contribution in [0, 0.1) is 17.0 Å². The highest BCUT2D eigenvalue weighted by molar-refractivity contribution is 7.13. The van der Waals surface area contributed by atoms with Gasteiger partial charge in [-0.2, -0.15) is 10.1 Å². The zero-order valence-electron chi connectivity index (χ0n) is 11.3. The van der Waals surface area contributed by atoms with Gasteiger partial charge in [-0.3, -0.25) is 14.8 Å². The van der Waals surface area contributed by atoms with E-state index < -0.39 is 4.92 Å². The van der Waals surface area contributed by atoms with Crippen LogP contribution in [-0.2, 0) is 0 Å². The average Bonchev–Trinajstić information content (AvgIpc) is 3.18. The molecule has 0 saturated heterocycles. The van der Waals surface area contributed by atoms with E-state index in [9.17, 15) is 10.1 Å². The lowest BCUT2D eigenvalue weighted by atomic mass is 10.3. The van der Waals surface area contributed by atoms with Crippen LogP contribution in [0.25, 0.3) is 10.7 Å². The van der Waals surface area contributed by atoms with Crippen molar-refractivity contribution in [3.05, 3.63) is 45.4 Å². The molecule has 3 aromatic rings. The van der Waals surface area contributed by atoms with Gasteiger partial charge in [0.25, 0.3) is 5.89 Å². The van der Waals surface area contributed by atoms with Crippen molar-refractivity contribution >= 4 is 17.0 Å². The van der Waals surface area contributed by atoms with Gasteiger partial charge in [-0.1, -0.05) is 11.2 Å². The largest absolute Gasteiger partial charge is 0.337 e. The van der Waals surface area contributed by atoms with E-state index in [2.05, 4.69) is 15.2 Å². The predicted octanol–water partition coefficient (Wildman–Crippen LogP) is 2.82. The molecule has 21 heavy (non-hydrogen) atoms. The van der Waals surface area contributed by atoms with Crippen LogP contribution in [0.4, 0.5) is 5.69 Å². The van der Waals surface area contributed by atoms with E-state index in [1.807, 2.05) is 17.5 Å². The van der Waals surface area contributed by atoms with Crippen molar-refractivity contribution in [1.82, 2.24) is 19.9 Å². The molecule has 0 fully saturated rings. The molecule has 9 heteroatoms. The standard InChI is InChI=1S/C12H11N5O3S/c1-7-9(17(18)19)6-13-16(7)8(2)12-14-11(15-20-12)10-4-3-5-21-10/h3-6,8H,1-2H3. The van der Waals surface area contributed by atoms with Gasteiger partial charge in [0.15, 0.2) is 0 Å². The van der Waals surface area contributed by atoms with Crippen molar-refractivity contribution in [1.29, 1.82) is 0 Å². The molecule has 0 spiro atoms. The molecule has 8 nitrogen and oxygen atoms in total. The zero-order valence-corrected chi connectivity index (χ0v) is 12.1. The van der Waals surface area contributed by atoms with Crippen LogP contribution >= 0.6 is 11.3 Å². The van der Waals surface area contributed by atoms with Crippen molar-refractivity contribution in [2.24, 2.45) is 0 Å². The Morgan fingerprint density at radius 1 is 1.52 bits per heavy atom. The minimum absolute atomic E-state index is 0.0279. The Hall–Kier alpha value is -2.55. The maximum atomic E-state index is 10.9. The van der Waals surface area contributed by atoms with Gasteiger partial charge in [-0.25, -0.2) is 0 Å². The molecule has 0 saturated carbocycles. The van der Waals surface area contributed by atoms with Crippen molar-refractivity contribution < 1.29 is 9.45 Å². The van der Waals surface area contributed by atoms with Crippen LogP contribution in [0.5, 0.6) is 0 Å². The van der Waals surface area contributed by atoms with Crippen LogP contribution in [-0.4, -0.2) is 24.8 Å². The second kappa shape index (κ2) is 5.09. The average molecular weight is 305 g/mol. The van der Waals surface area contributed by atoms with Crippen LogP contribution in [0.3, 0.4) is 0 Å². The molecule has 0 aliphatic heterocycles. The van der Waals surface area contributed by atoms with Crippen molar-refractivity contribution in [3.8, 4) is 10.7 Å². The van der Waals surface area contributed by atoms with E-state index in [0.717, 1.165) is 4.88 Å². The number of nitro groups is 1. The third-order valence-electron chi connectivity index (χ3n) is 3.12. The first-order valence-corrected chi connectivity index (χ1v) is 7.02. The van der Waals surface area contributed by atoms with E-state index in [1.54, 1.807) is 13.8 Å². The topological polar surface area (TPSA) is 99.9 Å². The van der Waals surface area contributed by atoms with Gasteiger partial charge >= 0.3 is 5.69 Å². The Bertz CT molecular complexity index is 777. The first-order chi connectivity index (χ1) is 10.1. The number of rotatable bonds is 4. The lowest BCUT2D eigenvalue weighted by Crippen LogP contribution is -2.10. The maximum Gasteiger partial charge on any atom is 0.309 e.